The lowest BCUT2D eigenvalue weighted by Gasteiger charge is -2.18. The van der Waals surface area contributed by atoms with Crippen molar-refractivity contribution in [3.05, 3.63) is 23.8 Å². The van der Waals surface area contributed by atoms with Gasteiger partial charge in [-0.15, -0.1) is 12.4 Å². The average Bonchev–Trinajstić information content (AvgIpc) is 2.36. The van der Waals surface area contributed by atoms with Gasteiger partial charge >= 0.3 is 0 Å². The maximum atomic E-state index is 11.3. The Morgan fingerprint density at radius 2 is 2.00 bits per heavy atom. The van der Waals surface area contributed by atoms with Gasteiger partial charge in [0.2, 0.25) is 5.91 Å². The zero-order valence-corrected chi connectivity index (χ0v) is 10.8. The Labute approximate surface area is 112 Å². The van der Waals surface area contributed by atoms with E-state index in [0.29, 0.717) is 32.7 Å². The van der Waals surface area contributed by atoms with Gasteiger partial charge in [-0.1, -0.05) is 6.07 Å². The van der Waals surface area contributed by atoms with E-state index in [2.05, 4.69) is 5.32 Å². The molecule has 1 heterocycles. The first-order valence-corrected chi connectivity index (χ1v) is 5.65. The van der Waals surface area contributed by atoms with Crippen molar-refractivity contribution in [3.63, 3.8) is 0 Å². The molecule has 5 nitrogen and oxygen atoms in total. The van der Waals surface area contributed by atoms with Crippen molar-refractivity contribution in [2.24, 2.45) is 5.73 Å². The molecular formula is C12H17ClN2O3. The second-order valence-electron chi connectivity index (χ2n) is 3.79. The Bertz CT molecular complexity index is 412. The first-order valence-electron chi connectivity index (χ1n) is 5.65. The summed E-state index contributed by atoms with van der Waals surface area (Å²) in [4.78, 5) is 11.3. The molecule has 100 valence electrons. The van der Waals surface area contributed by atoms with Gasteiger partial charge in [0.15, 0.2) is 11.5 Å². The number of rotatable bonds is 4. The molecule has 0 radical (unpaired) electrons. The van der Waals surface area contributed by atoms with E-state index in [4.69, 9.17) is 15.2 Å². The van der Waals surface area contributed by atoms with Crippen molar-refractivity contribution < 1.29 is 14.3 Å². The molecule has 0 saturated carbocycles. The normalized spacial score (nSPS) is 12.5. The molecule has 0 unspecified atom stereocenters. The van der Waals surface area contributed by atoms with Gasteiger partial charge in [0.05, 0.1) is 0 Å². The third-order valence-electron chi connectivity index (χ3n) is 2.47. The third-order valence-corrected chi connectivity index (χ3v) is 2.47. The Hall–Kier alpha value is -1.46. The SMILES string of the molecule is Cl.NCCC(=O)NCc1ccc2c(c1)OCCO2. The van der Waals surface area contributed by atoms with Crippen LogP contribution in [0.3, 0.4) is 0 Å². The summed E-state index contributed by atoms with van der Waals surface area (Å²) in [7, 11) is 0. The number of benzene rings is 1. The van der Waals surface area contributed by atoms with Crippen LogP contribution in [0, 0.1) is 0 Å². The highest BCUT2D eigenvalue weighted by Gasteiger charge is 2.11. The molecule has 0 aromatic heterocycles. The molecule has 1 amide bonds. The van der Waals surface area contributed by atoms with Crippen LogP contribution >= 0.6 is 12.4 Å². The smallest absolute Gasteiger partial charge is 0.221 e. The van der Waals surface area contributed by atoms with Crippen molar-refractivity contribution >= 4 is 18.3 Å². The lowest BCUT2D eigenvalue weighted by Crippen LogP contribution is -2.25. The number of fused-ring (bicyclic) bond motifs is 1. The molecular weight excluding hydrogens is 256 g/mol. The van der Waals surface area contributed by atoms with Crippen molar-refractivity contribution in [1.82, 2.24) is 5.32 Å². The van der Waals surface area contributed by atoms with Crippen LogP contribution in [0.5, 0.6) is 11.5 Å². The summed E-state index contributed by atoms with van der Waals surface area (Å²) in [5.41, 5.74) is 6.28. The van der Waals surface area contributed by atoms with Gasteiger partial charge in [-0.25, -0.2) is 0 Å². The van der Waals surface area contributed by atoms with Crippen LogP contribution in [0.15, 0.2) is 18.2 Å². The zero-order valence-electron chi connectivity index (χ0n) is 9.98. The molecule has 1 aliphatic rings. The van der Waals surface area contributed by atoms with Gasteiger partial charge in [-0.3, -0.25) is 4.79 Å². The molecule has 0 bridgehead atoms. The number of hydrogen-bond donors (Lipinski definition) is 2. The Balaban J connectivity index is 0.00000162. The summed E-state index contributed by atoms with van der Waals surface area (Å²) >= 11 is 0. The fourth-order valence-electron chi connectivity index (χ4n) is 1.62. The highest BCUT2D eigenvalue weighted by molar-refractivity contribution is 5.85. The maximum absolute atomic E-state index is 11.3. The van der Waals surface area contributed by atoms with E-state index in [1.807, 2.05) is 18.2 Å². The van der Waals surface area contributed by atoms with Crippen molar-refractivity contribution in [2.45, 2.75) is 13.0 Å². The minimum Gasteiger partial charge on any atom is -0.486 e. The van der Waals surface area contributed by atoms with Crippen LogP contribution < -0.4 is 20.5 Å². The first-order chi connectivity index (χ1) is 8.29. The predicted molar refractivity (Wildman–Crippen MR) is 70.2 cm³/mol. The maximum Gasteiger partial charge on any atom is 0.221 e. The molecule has 1 aromatic rings. The van der Waals surface area contributed by atoms with E-state index in [9.17, 15) is 4.79 Å². The van der Waals surface area contributed by atoms with E-state index in [-0.39, 0.29) is 18.3 Å². The Morgan fingerprint density at radius 3 is 2.72 bits per heavy atom. The number of nitrogens with two attached hydrogens (primary N) is 1. The topological polar surface area (TPSA) is 73.6 Å². The monoisotopic (exact) mass is 272 g/mol. The molecule has 0 atom stereocenters. The summed E-state index contributed by atoms with van der Waals surface area (Å²) in [6, 6.07) is 5.66. The van der Waals surface area contributed by atoms with Crippen molar-refractivity contribution in [1.29, 1.82) is 0 Å². The van der Waals surface area contributed by atoms with Crippen LogP contribution in [0.4, 0.5) is 0 Å². The van der Waals surface area contributed by atoms with Gasteiger partial charge in [0.1, 0.15) is 13.2 Å². The molecule has 3 N–H and O–H groups in total. The van der Waals surface area contributed by atoms with Crippen LogP contribution in [0.1, 0.15) is 12.0 Å². The van der Waals surface area contributed by atoms with E-state index >= 15 is 0 Å². The number of ether oxygens (including phenoxy) is 2. The van der Waals surface area contributed by atoms with Crippen LogP contribution in [-0.2, 0) is 11.3 Å². The number of carbonyl (C=O) groups is 1. The number of carbonyl (C=O) groups excluding carboxylic acids is 1. The summed E-state index contributed by atoms with van der Waals surface area (Å²) < 4.78 is 10.9. The highest BCUT2D eigenvalue weighted by Crippen LogP contribution is 2.30. The molecule has 1 aromatic carbocycles. The fraction of sp³-hybridized carbons (Fsp3) is 0.417. The molecule has 2 rings (SSSR count). The Morgan fingerprint density at radius 1 is 1.28 bits per heavy atom. The molecule has 0 spiro atoms. The number of halogens is 1. The minimum atomic E-state index is -0.0395. The average molecular weight is 273 g/mol. The quantitative estimate of drug-likeness (QED) is 0.852. The third kappa shape index (κ3) is 3.78. The number of hydrogen-bond acceptors (Lipinski definition) is 4. The summed E-state index contributed by atoms with van der Waals surface area (Å²) in [5, 5.41) is 2.79. The van der Waals surface area contributed by atoms with Gasteiger partial charge in [-0.2, -0.15) is 0 Å². The van der Waals surface area contributed by atoms with Gasteiger partial charge in [-0.05, 0) is 17.7 Å². The van der Waals surface area contributed by atoms with E-state index in [1.54, 1.807) is 0 Å². The second-order valence-corrected chi connectivity index (χ2v) is 3.79. The lowest BCUT2D eigenvalue weighted by molar-refractivity contribution is -0.121. The highest BCUT2D eigenvalue weighted by atomic mass is 35.5. The van der Waals surface area contributed by atoms with E-state index < -0.39 is 0 Å². The van der Waals surface area contributed by atoms with Crippen molar-refractivity contribution in [2.75, 3.05) is 19.8 Å². The zero-order chi connectivity index (χ0) is 12.1. The van der Waals surface area contributed by atoms with Crippen LogP contribution in [-0.4, -0.2) is 25.7 Å². The molecule has 18 heavy (non-hydrogen) atoms. The van der Waals surface area contributed by atoms with Crippen LogP contribution in [0.2, 0.25) is 0 Å². The summed E-state index contributed by atoms with van der Waals surface area (Å²) in [5.74, 6) is 1.46. The first kappa shape index (κ1) is 14.6. The number of nitrogens with one attached hydrogen (secondary N) is 1. The second kappa shape index (κ2) is 7.08. The molecule has 6 heteroatoms. The predicted octanol–water partition coefficient (Wildman–Crippen LogP) is 0.845. The fourth-order valence-corrected chi connectivity index (χ4v) is 1.62. The van der Waals surface area contributed by atoms with Gasteiger partial charge in [0, 0.05) is 19.5 Å². The lowest BCUT2D eigenvalue weighted by atomic mass is 10.2. The summed E-state index contributed by atoms with van der Waals surface area (Å²) in [6.07, 6.45) is 0.352. The molecule has 0 fully saturated rings. The standard InChI is InChI=1S/C12H16N2O3.ClH/c13-4-3-12(15)14-8-9-1-2-10-11(7-9)17-6-5-16-10;/h1-2,7H,3-6,8,13H2,(H,14,15);1H. The largest absolute Gasteiger partial charge is 0.486 e. The summed E-state index contributed by atoms with van der Waals surface area (Å²) in [6.45, 7) is 2.00. The number of amides is 1. The van der Waals surface area contributed by atoms with Gasteiger partial charge in [0.25, 0.3) is 0 Å². The minimum absolute atomic E-state index is 0. The van der Waals surface area contributed by atoms with Crippen molar-refractivity contribution in [3.8, 4) is 11.5 Å². The van der Waals surface area contributed by atoms with Crippen LogP contribution in [0.25, 0.3) is 0 Å². The molecule has 0 aliphatic carbocycles. The van der Waals surface area contributed by atoms with Gasteiger partial charge < -0.3 is 20.5 Å². The molecule has 1 aliphatic heterocycles. The van der Waals surface area contributed by atoms with E-state index in [1.165, 1.54) is 0 Å². The Kier molecular flexibility index (Phi) is 5.74. The molecule has 0 saturated heterocycles. The van der Waals surface area contributed by atoms with E-state index in [0.717, 1.165) is 17.1 Å².